The van der Waals surface area contributed by atoms with Crippen molar-refractivity contribution in [3.63, 3.8) is 0 Å². The van der Waals surface area contributed by atoms with Crippen LogP contribution in [0, 0.1) is 0 Å². The summed E-state index contributed by atoms with van der Waals surface area (Å²) in [7, 11) is 0. The van der Waals surface area contributed by atoms with Crippen LogP contribution in [0.15, 0.2) is 28.7 Å². The molecule has 0 spiro atoms. The van der Waals surface area contributed by atoms with E-state index < -0.39 is 0 Å². The molecule has 0 aliphatic rings. The molecule has 0 amide bonds. The molecular weight excluding hydrogens is 260 g/mol. The van der Waals surface area contributed by atoms with Gasteiger partial charge >= 0.3 is 5.97 Å². The van der Waals surface area contributed by atoms with Crippen LogP contribution in [-0.2, 0) is 9.53 Å². The fourth-order valence-electron chi connectivity index (χ4n) is 0.957. The summed E-state index contributed by atoms with van der Waals surface area (Å²) in [6.45, 7) is 2.35. The Bertz CT molecular complexity index is 325. The van der Waals surface area contributed by atoms with Crippen molar-refractivity contribution in [1.29, 1.82) is 0 Å². The predicted octanol–water partition coefficient (Wildman–Crippen LogP) is 2.78. The maximum absolute atomic E-state index is 11.1. The van der Waals surface area contributed by atoms with E-state index in [1.54, 1.807) is 12.1 Å². The summed E-state index contributed by atoms with van der Waals surface area (Å²) in [5.41, 5.74) is 0. The molecule has 0 aliphatic heterocycles. The van der Waals surface area contributed by atoms with Gasteiger partial charge in [0.2, 0.25) is 0 Å². The van der Waals surface area contributed by atoms with E-state index in [2.05, 4.69) is 15.9 Å². The van der Waals surface area contributed by atoms with Gasteiger partial charge in [-0.3, -0.25) is 0 Å². The first kappa shape index (κ1) is 12.0. The van der Waals surface area contributed by atoms with Crippen LogP contribution in [0.1, 0.15) is 13.3 Å². The van der Waals surface area contributed by atoms with Crippen LogP contribution in [0.5, 0.6) is 5.75 Å². The zero-order valence-electron chi connectivity index (χ0n) is 8.53. The van der Waals surface area contributed by atoms with Crippen LogP contribution >= 0.6 is 15.9 Å². The van der Waals surface area contributed by atoms with Crippen LogP contribution < -0.4 is 4.74 Å². The molecule has 4 heteroatoms. The van der Waals surface area contributed by atoms with Crippen LogP contribution in [-0.4, -0.2) is 19.2 Å². The molecule has 0 saturated carbocycles. The number of carbonyl (C=O) groups excluding carboxylic acids is 1. The summed E-state index contributed by atoms with van der Waals surface area (Å²) < 4.78 is 11.0. The highest BCUT2D eigenvalue weighted by Gasteiger charge is 2.03. The number of benzene rings is 1. The third-order valence-electron chi connectivity index (χ3n) is 1.62. The van der Waals surface area contributed by atoms with Gasteiger partial charge in [-0.1, -0.05) is 28.9 Å². The standard InChI is InChI=1S/C11H13BrO3/c1-2-6-14-11(13)8-15-10-5-3-4-9(12)7-10/h3-5,7H,2,6,8H2,1H3. The van der Waals surface area contributed by atoms with E-state index in [0.29, 0.717) is 12.4 Å². The number of rotatable bonds is 5. The second kappa shape index (κ2) is 6.45. The zero-order valence-corrected chi connectivity index (χ0v) is 10.1. The number of hydrogen-bond acceptors (Lipinski definition) is 3. The number of esters is 1. The molecule has 0 aliphatic carbocycles. The molecule has 1 aromatic rings. The van der Waals surface area contributed by atoms with Gasteiger partial charge in [0.1, 0.15) is 5.75 Å². The Morgan fingerprint density at radius 1 is 1.47 bits per heavy atom. The lowest BCUT2D eigenvalue weighted by Gasteiger charge is -2.06. The molecule has 1 aromatic carbocycles. The van der Waals surface area contributed by atoms with E-state index in [9.17, 15) is 4.79 Å². The van der Waals surface area contributed by atoms with Crippen molar-refractivity contribution in [2.24, 2.45) is 0 Å². The number of hydrogen-bond donors (Lipinski definition) is 0. The van der Waals surface area contributed by atoms with Crippen molar-refractivity contribution >= 4 is 21.9 Å². The first-order valence-corrected chi connectivity index (χ1v) is 5.55. The summed E-state index contributed by atoms with van der Waals surface area (Å²) in [5.74, 6) is 0.314. The average molecular weight is 273 g/mol. The lowest BCUT2D eigenvalue weighted by atomic mass is 10.3. The topological polar surface area (TPSA) is 35.5 Å². The number of halogens is 1. The second-order valence-corrected chi connectivity index (χ2v) is 3.88. The predicted molar refractivity (Wildman–Crippen MR) is 60.9 cm³/mol. The molecule has 0 aromatic heterocycles. The molecule has 0 radical (unpaired) electrons. The summed E-state index contributed by atoms with van der Waals surface area (Å²) in [4.78, 5) is 11.1. The van der Waals surface area contributed by atoms with Gasteiger partial charge in [0.25, 0.3) is 0 Å². The average Bonchev–Trinajstić information content (AvgIpc) is 2.23. The van der Waals surface area contributed by atoms with Crippen LogP contribution in [0.25, 0.3) is 0 Å². The Hall–Kier alpha value is -1.03. The van der Waals surface area contributed by atoms with E-state index in [1.807, 2.05) is 19.1 Å². The Labute approximate surface area is 97.5 Å². The van der Waals surface area contributed by atoms with Crippen molar-refractivity contribution in [2.45, 2.75) is 13.3 Å². The Morgan fingerprint density at radius 2 is 2.27 bits per heavy atom. The SMILES string of the molecule is CCCOC(=O)COc1cccc(Br)c1. The van der Waals surface area contributed by atoms with Crippen molar-refractivity contribution in [3.05, 3.63) is 28.7 Å². The molecule has 0 heterocycles. The van der Waals surface area contributed by atoms with Gasteiger partial charge in [0, 0.05) is 4.47 Å². The summed E-state index contributed by atoms with van der Waals surface area (Å²) in [6, 6.07) is 7.32. The highest BCUT2D eigenvalue weighted by molar-refractivity contribution is 9.10. The van der Waals surface area contributed by atoms with E-state index >= 15 is 0 Å². The van der Waals surface area contributed by atoms with Gasteiger partial charge in [0.15, 0.2) is 6.61 Å². The first-order chi connectivity index (χ1) is 7.22. The Balaban J connectivity index is 2.33. The first-order valence-electron chi connectivity index (χ1n) is 4.76. The fraction of sp³-hybridized carbons (Fsp3) is 0.364. The minimum Gasteiger partial charge on any atom is -0.482 e. The van der Waals surface area contributed by atoms with Crippen molar-refractivity contribution in [3.8, 4) is 5.75 Å². The largest absolute Gasteiger partial charge is 0.482 e. The van der Waals surface area contributed by atoms with Gasteiger partial charge in [-0.2, -0.15) is 0 Å². The quantitative estimate of drug-likeness (QED) is 0.774. The normalized spacial score (nSPS) is 9.73. The third-order valence-corrected chi connectivity index (χ3v) is 2.11. The summed E-state index contributed by atoms with van der Waals surface area (Å²) in [6.07, 6.45) is 0.822. The molecule has 15 heavy (non-hydrogen) atoms. The number of carbonyl (C=O) groups is 1. The van der Waals surface area contributed by atoms with Gasteiger partial charge in [0.05, 0.1) is 6.61 Å². The Kier molecular flexibility index (Phi) is 5.18. The van der Waals surface area contributed by atoms with Gasteiger partial charge in [-0.05, 0) is 24.6 Å². The molecular formula is C11H13BrO3. The van der Waals surface area contributed by atoms with Gasteiger partial charge in [-0.25, -0.2) is 4.79 Å². The molecule has 82 valence electrons. The highest BCUT2D eigenvalue weighted by atomic mass is 79.9. The van der Waals surface area contributed by atoms with Crippen LogP contribution in [0.4, 0.5) is 0 Å². The number of ether oxygens (including phenoxy) is 2. The molecule has 0 saturated heterocycles. The Morgan fingerprint density at radius 3 is 2.93 bits per heavy atom. The van der Waals surface area contributed by atoms with Gasteiger partial charge in [-0.15, -0.1) is 0 Å². The van der Waals surface area contributed by atoms with E-state index in [-0.39, 0.29) is 12.6 Å². The van der Waals surface area contributed by atoms with E-state index in [1.165, 1.54) is 0 Å². The van der Waals surface area contributed by atoms with Crippen molar-refractivity contribution in [2.75, 3.05) is 13.2 Å². The smallest absolute Gasteiger partial charge is 0.344 e. The third kappa shape index (κ3) is 4.83. The molecule has 3 nitrogen and oxygen atoms in total. The lowest BCUT2D eigenvalue weighted by Crippen LogP contribution is -2.15. The zero-order chi connectivity index (χ0) is 11.1. The highest BCUT2D eigenvalue weighted by Crippen LogP contribution is 2.17. The maximum atomic E-state index is 11.1. The monoisotopic (exact) mass is 272 g/mol. The fourth-order valence-corrected chi connectivity index (χ4v) is 1.33. The minimum absolute atomic E-state index is 0.0452. The van der Waals surface area contributed by atoms with Gasteiger partial charge < -0.3 is 9.47 Å². The summed E-state index contributed by atoms with van der Waals surface area (Å²) in [5, 5.41) is 0. The maximum Gasteiger partial charge on any atom is 0.344 e. The minimum atomic E-state index is -0.336. The summed E-state index contributed by atoms with van der Waals surface area (Å²) >= 11 is 3.31. The molecule has 0 atom stereocenters. The second-order valence-electron chi connectivity index (χ2n) is 2.97. The van der Waals surface area contributed by atoms with Crippen LogP contribution in [0.3, 0.4) is 0 Å². The molecule has 0 fully saturated rings. The molecule has 1 rings (SSSR count). The molecule has 0 unspecified atom stereocenters. The lowest BCUT2D eigenvalue weighted by molar-refractivity contribution is -0.146. The van der Waals surface area contributed by atoms with E-state index in [0.717, 1.165) is 10.9 Å². The van der Waals surface area contributed by atoms with Crippen molar-refractivity contribution in [1.82, 2.24) is 0 Å². The molecule has 0 N–H and O–H groups in total. The van der Waals surface area contributed by atoms with E-state index in [4.69, 9.17) is 9.47 Å². The van der Waals surface area contributed by atoms with Crippen LogP contribution in [0.2, 0.25) is 0 Å². The van der Waals surface area contributed by atoms with Crippen molar-refractivity contribution < 1.29 is 14.3 Å². The molecule has 0 bridgehead atoms.